The Morgan fingerprint density at radius 1 is 1.03 bits per heavy atom. The molecule has 1 saturated heterocycles. The summed E-state index contributed by atoms with van der Waals surface area (Å²) in [6.45, 7) is 3.85. The molecular weight excluding hydrogens is 418 g/mol. The number of amides is 2. The Balaban J connectivity index is 1.39. The first kappa shape index (κ1) is 20.6. The molecule has 2 aromatic carbocycles. The fraction of sp³-hybridized carbons (Fsp3) is 0.217. The van der Waals surface area contributed by atoms with Gasteiger partial charge in [-0.25, -0.2) is 0 Å². The van der Waals surface area contributed by atoms with Crippen LogP contribution in [0.1, 0.15) is 12.5 Å². The van der Waals surface area contributed by atoms with Gasteiger partial charge in [-0.15, -0.1) is 0 Å². The van der Waals surface area contributed by atoms with E-state index in [1.807, 2.05) is 30.5 Å². The van der Waals surface area contributed by atoms with Crippen molar-refractivity contribution in [2.45, 2.75) is 16.7 Å². The normalized spacial score (nSPS) is 14.6. The predicted octanol–water partition coefficient (Wildman–Crippen LogP) is 4.68. The van der Waals surface area contributed by atoms with Crippen molar-refractivity contribution in [3.8, 4) is 0 Å². The molecule has 0 unspecified atom stereocenters. The van der Waals surface area contributed by atoms with Crippen molar-refractivity contribution >= 4 is 52.2 Å². The van der Waals surface area contributed by atoms with Crippen molar-refractivity contribution < 1.29 is 9.59 Å². The van der Waals surface area contributed by atoms with Crippen molar-refractivity contribution in [2.75, 3.05) is 26.2 Å². The Kier molecular flexibility index (Phi) is 6.16. The summed E-state index contributed by atoms with van der Waals surface area (Å²) >= 11 is 8.11. The average molecular weight is 440 g/mol. The average Bonchev–Trinajstić information content (AvgIpc) is 3.21. The second-order valence-electron chi connectivity index (χ2n) is 7.18. The predicted molar refractivity (Wildman–Crippen MR) is 122 cm³/mol. The Morgan fingerprint density at radius 3 is 2.53 bits per heavy atom. The highest BCUT2D eigenvalue weighted by Crippen LogP contribution is 2.35. The highest BCUT2D eigenvalue weighted by Gasteiger charge is 2.20. The minimum absolute atomic E-state index is 0.0485. The fourth-order valence-corrected chi connectivity index (χ4v) is 4.61. The fourth-order valence-electron chi connectivity index (χ4n) is 3.44. The summed E-state index contributed by atoms with van der Waals surface area (Å²) in [6, 6.07) is 14.1. The van der Waals surface area contributed by atoms with E-state index in [1.54, 1.807) is 40.6 Å². The number of hydrogen-bond acceptors (Lipinski definition) is 3. The maximum absolute atomic E-state index is 12.4. The molecule has 0 aliphatic carbocycles. The van der Waals surface area contributed by atoms with Gasteiger partial charge in [0.25, 0.3) is 0 Å². The molecule has 0 spiro atoms. The number of aromatic nitrogens is 1. The molecule has 4 rings (SSSR count). The number of hydrogen-bond donors (Lipinski definition) is 1. The van der Waals surface area contributed by atoms with Gasteiger partial charge >= 0.3 is 0 Å². The van der Waals surface area contributed by atoms with Crippen molar-refractivity contribution in [1.29, 1.82) is 0 Å². The summed E-state index contributed by atoms with van der Waals surface area (Å²) in [5.74, 6) is 0.00541. The first-order chi connectivity index (χ1) is 14.5. The van der Waals surface area contributed by atoms with Crippen LogP contribution in [0.25, 0.3) is 17.0 Å². The molecule has 0 bridgehead atoms. The molecule has 30 heavy (non-hydrogen) atoms. The zero-order valence-corrected chi connectivity index (χ0v) is 18.2. The Labute approximate surface area is 184 Å². The SMILES string of the molecule is CC(=O)N1CCN(C(=O)/C=C/c2ccc(Sc3ccc4[nH]ccc4c3)c(Cl)c2)CC1. The van der Waals surface area contributed by atoms with Crippen LogP contribution in [0.3, 0.4) is 0 Å². The first-order valence-electron chi connectivity index (χ1n) is 9.77. The number of nitrogens with zero attached hydrogens (tertiary/aromatic N) is 2. The van der Waals surface area contributed by atoms with Gasteiger partial charge in [-0.2, -0.15) is 0 Å². The van der Waals surface area contributed by atoms with E-state index in [1.165, 1.54) is 5.39 Å². The second kappa shape index (κ2) is 8.98. The highest BCUT2D eigenvalue weighted by molar-refractivity contribution is 7.99. The van der Waals surface area contributed by atoms with E-state index in [-0.39, 0.29) is 11.8 Å². The largest absolute Gasteiger partial charge is 0.361 e. The van der Waals surface area contributed by atoms with E-state index in [0.717, 1.165) is 20.9 Å². The van der Waals surface area contributed by atoms with Gasteiger partial charge < -0.3 is 14.8 Å². The van der Waals surface area contributed by atoms with Crippen molar-refractivity contribution in [3.63, 3.8) is 0 Å². The van der Waals surface area contributed by atoms with Gasteiger partial charge in [0.1, 0.15) is 0 Å². The number of rotatable bonds is 4. The monoisotopic (exact) mass is 439 g/mol. The zero-order chi connectivity index (χ0) is 21.1. The van der Waals surface area contributed by atoms with E-state index in [4.69, 9.17) is 11.6 Å². The smallest absolute Gasteiger partial charge is 0.246 e. The molecule has 1 fully saturated rings. The second-order valence-corrected chi connectivity index (χ2v) is 8.71. The molecule has 154 valence electrons. The molecule has 7 heteroatoms. The summed E-state index contributed by atoms with van der Waals surface area (Å²) in [6.07, 6.45) is 5.28. The quantitative estimate of drug-likeness (QED) is 0.600. The molecule has 2 amide bonds. The van der Waals surface area contributed by atoms with Crippen LogP contribution in [0.5, 0.6) is 0 Å². The summed E-state index contributed by atoms with van der Waals surface area (Å²) in [4.78, 5) is 32.6. The van der Waals surface area contributed by atoms with Crippen LogP contribution in [-0.4, -0.2) is 52.8 Å². The van der Waals surface area contributed by atoms with Gasteiger partial charge in [0, 0.05) is 66.1 Å². The van der Waals surface area contributed by atoms with E-state index in [0.29, 0.717) is 31.2 Å². The summed E-state index contributed by atoms with van der Waals surface area (Å²) < 4.78 is 0. The Hall–Kier alpha value is -2.70. The van der Waals surface area contributed by atoms with Crippen LogP contribution in [-0.2, 0) is 9.59 Å². The number of carbonyl (C=O) groups excluding carboxylic acids is 2. The standard InChI is InChI=1S/C23H22ClN3O2S/c1-16(28)26-10-12-27(13-11-26)23(29)7-3-17-2-6-22(20(24)14-17)30-19-4-5-21-18(15-19)8-9-25-21/h2-9,14-15,25H,10-13H2,1H3/b7-3+. The number of H-pyrrole nitrogens is 1. The maximum atomic E-state index is 12.4. The van der Waals surface area contributed by atoms with Gasteiger partial charge in [0.05, 0.1) is 5.02 Å². The molecule has 3 aromatic rings. The lowest BCUT2D eigenvalue weighted by atomic mass is 10.2. The number of piperazine rings is 1. The summed E-state index contributed by atoms with van der Waals surface area (Å²) in [5, 5.41) is 1.82. The minimum atomic E-state index is -0.0485. The summed E-state index contributed by atoms with van der Waals surface area (Å²) in [7, 11) is 0. The maximum Gasteiger partial charge on any atom is 0.246 e. The van der Waals surface area contributed by atoms with Crippen molar-refractivity contribution in [1.82, 2.24) is 14.8 Å². The molecule has 0 atom stereocenters. The lowest BCUT2D eigenvalue weighted by Crippen LogP contribution is -2.49. The summed E-state index contributed by atoms with van der Waals surface area (Å²) in [5.41, 5.74) is 1.99. The van der Waals surface area contributed by atoms with Gasteiger partial charge in [-0.3, -0.25) is 9.59 Å². The lowest BCUT2D eigenvalue weighted by Gasteiger charge is -2.33. The number of benzene rings is 2. The number of aromatic amines is 1. The van der Waals surface area contributed by atoms with E-state index in [9.17, 15) is 9.59 Å². The van der Waals surface area contributed by atoms with Crippen molar-refractivity contribution in [2.24, 2.45) is 0 Å². The van der Waals surface area contributed by atoms with Crippen LogP contribution in [0.2, 0.25) is 5.02 Å². The topological polar surface area (TPSA) is 56.4 Å². The third kappa shape index (κ3) is 4.71. The minimum Gasteiger partial charge on any atom is -0.361 e. The van der Waals surface area contributed by atoms with Gasteiger partial charge in [-0.05, 0) is 48.0 Å². The molecule has 1 aliphatic heterocycles. The van der Waals surface area contributed by atoms with E-state index in [2.05, 4.69) is 23.2 Å². The first-order valence-corrected chi connectivity index (χ1v) is 11.0. The van der Waals surface area contributed by atoms with Crippen LogP contribution in [0.4, 0.5) is 0 Å². The van der Waals surface area contributed by atoms with Gasteiger partial charge in [-0.1, -0.05) is 29.4 Å². The molecule has 1 N–H and O–H groups in total. The van der Waals surface area contributed by atoms with Crippen molar-refractivity contribution in [3.05, 3.63) is 65.3 Å². The van der Waals surface area contributed by atoms with E-state index < -0.39 is 0 Å². The van der Waals surface area contributed by atoms with Gasteiger partial charge in [0.2, 0.25) is 11.8 Å². The molecule has 1 aromatic heterocycles. The molecule has 1 aliphatic rings. The molecule has 0 saturated carbocycles. The highest BCUT2D eigenvalue weighted by atomic mass is 35.5. The third-order valence-corrected chi connectivity index (χ3v) is 6.65. The number of fused-ring (bicyclic) bond motifs is 1. The van der Waals surface area contributed by atoms with Crippen LogP contribution in [0, 0.1) is 0 Å². The molecule has 2 heterocycles. The Morgan fingerprint density at radius 2 is 1.80 bits per heavy atom. The zero-order valence-electron chi connectivity index (χ0n) is 16.6. The number of halogens is 1. The lowest BCUT2D eigenvalue weighted by molar-refractivity contribution is -0.135. The molecular formula is C23H22ClN3O2S. The van der Waals surface area contributed by atoms with Gasteiger partial charge in [0.15, 0.2) is 0 Å². The molecule has 0 radical (unpaired) electrons. The molecule has 5 nitrogen and oxygen atoms in total. The van der Waals surface area contributed by atoms with Crippen LogP contribution < -0.4 is 0 Å². The van der Waals surface area contributed by atoms with E-state index >= 15 is 0 Å². The third-order valence-electron chi connectivity index (χ3n) is 5.16. The Bertz CT molecular complexity index is 1120. The number of carbonyl (C=O) groups is 2. The van der Waals surface area contributed by atoms with Crippen LogP contribution in [0.15, 0.2) is 64.5 Å². The number of nitrogens with one attached hydrogen (secondary N) is 1. The van der Waals surface area contributed by atoms with Crippen LogP contribution >= 0.6 is 23.4 Å².